The SMILES string of the molecule is COc1cc(/C=N\NC(=O)c2cc([N+](=O)[O-])ccc2O)cc(Br)c1OCc1cccc2ccccc12. The number of hydrogen-bond acceptors (Lipinski definition) is 7. The van der Waals surface area contributed by atoms with Crippen LogP contribution >= 0.6 is 15.9 Å². The second kappa shape index (κ2) is 10.9. The number of nitro groups is 1. The van der Waals surface area contributed by atoms with E-state index in [1.54, 1.807) is 12.1 Å². The molecule has 0 aromatic heterocycles. The standard InChI is InChI=1S/C26H20BrN3O6/c1-35-24-12-16(14-28-29-26(32)21-13-19(30(33)34)9-10-23(21)31)11-22(27)25(24)36-15-18-7-4-6-17-5-2-3-8-20(17)18/h2-14,31H,15H2,1H3,(H,29,32)/b28-14-. The lowest BCUT2D eigenvalue weighted by Gasteiger charge is -2.14. The number of non-ortho nitro benzene ring substituents is 1. The highest BCUT2D eigenvalue weighted by Crippen LogP contribution is 2.37. The first-order valence-corrected chi connectivity index (χ1v) is 11.4. The minimum absolute atomic E-state index is 0.266. The number of methoxy groups -OCH3 is 1. The Morgan fingerprint density at radius 2 is 1.92 bits per heavy atom. The zero-order valence-corrected chi connectivity index (χ0v) is 20.6. The lowest BCUT2D eigenvalue weighted by Crippen LogP contribution is -2.18. The van der Waals surface area contributed by atoms with Crippen molar-refractivity contribution < 1.29 is 24.3 Å². The number of nitro benzene ring substituents is 1. The van der Waals surface area contributed by atoms with Crippen LogP contribution in [0.1, 0.15) is 21.5 Å². The summed E-state index contributed by atoms with van der Waals surface area (Å²) in [6.45, 7) is 0.326. The number of hydrogen-bond donors (Lipinski definition) is 2. The van der Waals surface area contributed by atoms with Crippen molar-refractivity contribution >= 4 is 44.5 Å². The van der Waals surface area contributed by atoms with Crippen LogP contribution in [0.25, 0.3) is 10.8 Å². The lowest BCUT2D eigenvalue weighted by atomic mass is 10.1. The Hall–Kier alpha value is -4.44. The Morgan fingerprint density at radius 3 is 2.69 bits per heavy atom. The van der Waals surface area contributed by atoms with Gasteiger partial charge in [-0.3, -0.25) is 14.9 Å². The molecule has 4 aromatic rings. The van der Waals surface area contributed by atoms with E-state index in [9.17, 15) is 20.0 Å². The maximum absolute atomic E-state index is 12.3. The van der Waals surface area contributed by atoms with Crippen molar-refractivity contribution in [2.75, 3.05) is 7.11 Å². The van der Waals surface area contributed by atoms with Crippen LogP contribution in [0.2, 0.25) is 0 Å². The molecular formula is C26H20BrN3O6. The summed E-state index contributed by atoms with van der Waals surface area (Å²) in [6.07, 6.45) is 1.37. The van der Waals surface area contributed by atoms with Crippen molar-refractivity contribution in [1.29, 1.82) is 0 Å². The van der Waals surface area contributed by atoms with Gasteiger partial charge in [-0.15, -0.1) is 0 Å². The normalized spacial score (nSPS) is 10.9. The zero-order valence-electron chi connectivity index (χ0n) is 19.0. The number of fused-ring (bicyclic) bond motifs is 1. The summed E-state index contributed by atoms with van der Waals surface area (Å²) < 4.78 is 12.2. The first-order chi connectivity index (χ1) is 17.4. The molecule has 0 spiro atoms. The maximum atomic E-state index is 12.3. The van der Waals surface area contributed by atoms with Gasteiger partial charge in [0.1, 0.15) is 12.4 Å². The lowest BCUT2D eigenvalue weighted by molar-refractivity contribution is -0.384. The predicted octanol–water partition coefficient (Wildman–Crippen LogP) is 5.57. The van der Waals surface area contributed by atoms with E-state index < -0.39 is 16.6 Å². The van der Waals surface area contributed by atoms with Crippen LogP contribution in [0.3, 0.4) is 0 Å². The van der Waals surface area contributed by atoms with Gasteiger partial charge in [-0.05, 0) is 56.0 Å². The number of hydrazone groups is 1. The molecule has 0 atom stereocenters. The number of amides is 1. The molecule has 4 aromatic carbocycles. The number of carbonyl (C=O) groups is 1. The number of phenolic OH excluding ortho intramolecular Hbond substituents is 1. The molecule has 4 rings (SSSR count). The molecule has 0 aliphatic carbocycles. The summed E-state index contributed by atoms with van der Waals surface area (Å²) in [5, 5.41) is 26.9. The third kappa shape index (κ3) is 5.44. The van der Waals surface area contributed by atoms with Crippen molar-refractivity contribution in [3.05, 3.63) is 104 Å². The monoisotopic (exact) mass is 549 g/mol. The summed E-state index contributed by atoms with van der Waals surface area (Å²) >= 11 is 3.50. The molecule has 0 aliphatic heterocycles. The highest BCUT2D eigenvalue weighted by molar-refractivity contribution is 9.10. The highest BCUT2D eigenvalue weighted by Gasteiger charge is 2.16. The smallest absolute Gasteiger partial charge is 0.275 e. The largest absolute Gasteiger partial charge is 0.507 e. The van der Waals surface area contributed by atoms with Crippen LogP contribution < -0.4 is 14.9 Å². The maximum Gasteiger partial charge on any atom is 0.275 e. The molecule has 9 nitrogen and oxygen atoms in total. The van der Waals surface area contributed by atoms with E-state index in [0.717, 1.165) is 34.5 Å². The van der Waals surface area contributed by atoms with E-state index in [-0.39, 0.29) is 11.3 Å². The Balaban J connectivity index is 1.49. The van der Waals surface area contributed by atoms with Crippen LogP contribution in [-0.2, 0) is 6.61 Å². The van der Waals surface area contributed by atoms with Gasteiger partial charge in [0.2, 0.25) is 0 Å². The highest BCUT2D eigenvalue weighted by atomic mass is 79.9. The van der Waals surface area contributed by atoms with Gasteiger partial charge in [0, 0.05) is 12.1 Å². The average molecular weight is 550 g/mol. The Bertz CT molecular complexity index is 1480. The van der Waals surface area contributed by atoms with E-state index in [4.69, 9.17) is 9.47 Å². The molecule has 0 radical (unpaired) electrons. The van der Waals surface area contributed by atoms with Gasteiger partial charge in [0.25, 0.3) is 11.6 Å². The number of aromatic hydroxyl groups is 1. The second-order valence-electron chi connectivity index (χ2n) is 7.62. The van der Waals surface area contributed by atoms with Gasteiger partial charge in [-0.2, -0.15) is 5.10 Å². The fraction of sp³-hybridized carbons (Fsp3) is 0.0769. The molecule has 0 heterocycles. The number of nitrogens with one attached hydrogen (secondary N) is 1. The second-order valence-corrected chi connectivity index (χ2v) is 8.47. The fourth-order valence-electron chi connectivity index (χ4n) is 3.57. The summed E-state index contributed by atoms with van der Waals surface area (Å²) in [7, 11) is 1.51. The van der Waals surface area contributed by atoms with Crippen LogP contribution in [0, 0.1) is 10.1 Å². The number of nitrogens with zero attached hydrogens (tertiary/aromatic N) is 2. The van der Waals surface area contributed by atoms with Crippen molar-refractivity contribution in [3.63, 3.8) is 0 Å². The predicted molar refractivity (Wildman–Crippen MR) is 139 cm³/mol. The number of ether oxygens (including phenoxy) is 2. The molecule has 0 unspecified atom stereocenters. The van der Waals surface area contributed by atoms with E-state index in [2.05, 4.69) is 26.5 Å². The molecule has 1 amide bonds. The molecule has 2 N–H and O–H groups in total. The van der Waals surface area contributed by atoms with Crippen molar-refractivity contribution in [3.8, 4) is 17.2 Å². The minimum Gasteiger partial charge on any atom is -0.507 e. The van der Waals surface area contributed by atoms with Crippen LogP contribution in [0.5, 0.6) is 17.2 Å². The Kier molecular flexibility index (Phi) is 7.45. The molecule has 0 aliphatic rings. The average Bonchev–Trinajstić information content (AvgIpc) is 2.87. The van der Waals surface area contributed by atoms with E-state index in [1.807, 2.05) is 42.5 Å². The van der Waals surface area contributed by atoms with E-state index >= 15 is 0 Å². The van der Waals surface area contributed by atoms with Gasteiger partial charge in [-0.1, -0.05) is 42.5 Å². The summed E-state index contributed by atoms with van der Waals surface area (Å²) in [4.78, 5) is 22.6. The summed E-state index contributed by atoms with van der Waals surface area (Å²) in [5.41, 5.74) is 3.27. The van der Waals surface area contributed by atoms with Crippen LogP contribution in [0.4, 0.5) is 5.69 Å². The number of rotatable bonds is 8. The zero-order chi connectivity index (χ0) is 25.7. The van der Waals surface area contributed by atoms with Crippen LogP contribution in [-0.4, -0.2) is 29.3 Å². The van der Waals surface area contributed by atoms with Gasteiger partial charge in [0.05, 0.1) is 28.3 Å². The molecule has 182 valence electrons. The molecule has 0 saturated heterocycles. The Morgan fingerprint density at radius 1 is 1.14 bits per heavy atom. The number of benzene rings is 4. The van der Waals surface area contributed by atoms with Crippen molar-refractivity contribution in [2.24, 2.45) is 5.10 Å². The quantitative estimate of drug-likeness (QED) is 0.168. The molecule has 36 heavy (non-hydrogen) atoms. The summed E-state index contributed by atoms with van der Waals surface area (Å²) in [5.74, 6) is -0.235. The number of phenols is 1. The first-order valence-electron chi connectivity index (χ1n) is 10.6. The van der Waals surface area contributed by atoms with E-state index in [1.165, 1.54) is 13.3 Å². The number of halogens is 1. The van der Waals surface area contributed by atoms with Crippen LogP contribution in [0.15, 0.2) is 82.4 Å². The fourth-order valence-corrected chi connectivity index (χ4v) is 4.14. The topological polar surface area (TPSA) is 123 Å². The molecule has 0 saturated carbocycles. The van der Waals surface area contributed by atoms with Crippen molar-refractivity contribution in [2.45, 2.75) is 6.61 Å². The van der Waals surface area contributed by atoms with Gasteiger partial charge in [0.15, 0.2) is 11.5 Å². The molecular weight excluding hydrogens is 530 g/mol. The molecule has 0 fully saturated rings. The molecule has 10 heteroatoms. The van der Waals surface area contributed by atoms with E-state index in [0.29, 0.717) is 28.1 Å². The Labute approximate surface area is 214 Å². The minimum atomic E-state index is -0.798. The first kappa shape index (κ1) is 24.7. The molecule has 0 bridgehead atoms. The third-order valence-electron chi connectivity index (χ3n) is 5.32. The van der Waals surface area contributed by atoms with Gasteiger partial charge in [-0.25, -0.2) is 5.43 Å². The third-order valence-corrected chi connectivity index (χ3v) is 5.91. The van der Waals surface area contributed by atoms with Gasteiger partial charge >= 0.3 is 0 Å². The summed E-state index contributed by atoms with van der Waals surface area (Å²) in [6, 6.07) is 20.7. The van der Waals surface area contributed by atoms with Gasteiger partial charge < -0.3 is 14.6 Å². The number of carbonyl (C=O) groups excluding carboxylic acids is 1. The van der Waals surface area contributed by atoms with Crippen molar-refractivity contribution in [1.82, 2.24) is 5.43 Å².